The van der Waals surface area contributed by atoms with Crippen molar-refractivity contribution in [1.29, 1.82) is 0 Å². The average molecular weight is 279 g/mol. The number of fused-ring (bicyclic) bond motifs is 1. The molecule has 0 aliphatic heterocycles. The molecule has 0 amide bonds. The molecule has 4 nitrogen and oxygen atoms in total. The van der Waals surface area contributed by atoms with Crippen LogP contribution in [-0.2, 0) is 0 Å². The lowest BCUT2D eigenvalue weighted by atomic mass is 10.1. The molecule has 0 unspecified atom stereocenters. The van der Waals surface area contributed by atoms with Crippen molar-refractivity contribution in [1.82, 2.24) is 0 Å². The Bertz CT molecular complexity index is 786. The summed E-state index contributed by atoms with van der Waals surface area (Å²) in [5.74, 6) is -0.100. The quantitative estimate of drug-likeness (QED) is 0.824. The Morgan fingerprint density at radius 2 is 1.57 bits per heavy atom. The summed E-state index contributed by atoms with van der Waals surface area (Å²) in [7, 11) is 0. The minimum absolute atomic E-state index is 0.0318. The fourth-order valence-electron chi connectivity index (χ4n) is 2.38. The number of phenols is 1. The molecular formula is C17H13NO3. The van der Waals surface area contributed by atoms with E-state index in [4.69, 9.17) is 0 Å². The van der Waals surface area contributed by atoms with Gasteiger partial charge in [-0.1, -0.05) is 24.3 Å². The van der Waals surface area contributed by atoms with Gasteiger partial charge in [-0.05, 0) is 31.2 Å². The van der Waals surface area contributed by atoms with E-state index in [9.17, 15) is 15.0 Å². The van der Waals surface area contributed by atoms with Crippen LogP contribution in [0.3, 0.4) is 0 Å². The molecule has 0 saturated heterocycles. The first-order chi connectivity index (χ1) is 10.1. The van der Waals surface area contributed by atoms with Gasteiger partial charge in [-0.2, -0.15) is 0 Å². The number of benzene rings is 2. The van der Waals surface area contributed by atoms with E-state index in [1.807, 2.05) is 0 Å². The number of aromatic hydroxyl groups is 1. The van der Waals surface area contributed by atoms with E-state index in [2.05, 4.69) is 4.99 Å². The number of Topliss-reactive ketones (excluding diaryl/α,β-unsaturated/α-hetero) is 1. The summed E-state index contributed by atoms with van der Waals surface area (Å²) in [5.41, 5.74) is 2.31. The molecule has 3 rings (SSSR count). The van der Waals surface area contributed by atoms with Crippen LogP contribution in [-0.4, -0.2) is 21.7 Å². The Hall–Kier alpha value is -2.88. The lowest BCUT2D eigenvalue weighted by Crippen LogP contribution is -2.07. The predicted molar refractivity (Wildman–Crippen MR) is 81.2 cm³/mol. The Kier molecular flexibility index (Phi) is 3.06. The Morgan fingerprint density at radius 3 is 2.19 bits per heavy atom. The van der Waals surface area contributed by atoms with Gasteiger partial charge in [0.25, 0.3) is 0 Å². The van der Waals surface area contributed by atoms with Gasteiger partial charge < -0.3 is 10.2 Å². The molecule has 0 atom stereocenters. The third-order valence-electron chi connectivity index (χ3n) is 3.40. The number of nitrogens with zero attached hydrogens (tertiary/aromatic N) is 1. The Morgan fingerprint density at radius 1 is 0.952 bits per heavy atom. The zero-order chi connectivity index (χ0) is 15.0. The van der Waals surface area contributed by atoms with Crippen LogP contribution in [0.1, 0.15) is 22.8 Å². The Labute approximate surface area is 121 Å². The summed E-state index contributed by atoms with van der Waals surface area (Å²) >= 11 is 0. The number of aliphatic hydroxyl groups excluding tert-OH is 1. The molecule has 2 N–H and O–H groups in total. The first kappa shape index (κ1) is 13.1. The van der Waals surface area contributed by atoms with E-state index in [1.54, 1.807) is 43.3 Å². The molecule has 1 aliphatic rings. The molecule has 2 aromatic carbocycles. The summed E-state index contributed by atoms with van der Waals surface area (Å²) in [6, 6.07) is 13.3. The summed E-state index contributed by atoms with van der Waals surface area (Å²) in [6.07, 6.45) is 0. The average Bonchev–Trinajstić information content (AvgIpc) is 2.74. The number of hydrogen-bond donors (Lipinski definition) is 2. The first-order valence-corrected chi connectivity index (χ1v) is 6.50. The minimum atomic E-state index is -0.219. The lowest BCUT2D eigenvalue weighted by molar-refractivity contribution is 0.104. The molecule has 4 heteroatoms. The maximum atomic E-state index is 12.4. The molecule has 0 spiro atoms. The highest BCUT2D eigenvalue weighted by atomic mass is 16.3. The van der Waals surface area contributed by atoms with Crippen molar-refractivity contribution in [2.24, 2.45) is 4.99 Å². The highest BCUT2D eigenvalue weighted by Crippen LogP contribution is 2.32. The zero-order valence-electron chi connectivity index (χ0n) is 11.4. The van der Waals surface area contributed by atoms with E-state index in [0.717, 1.165) is 0 Å². The number of aliphatic imine (C=N–C) groups is 1. The topological polar surface area (TPSA) is 69.9 Å². The number of allylic oxidation sites excluding steroid dienone is 1. The van der Waals surface area contributed by atoms with Crippen molar-refractivity contribution >= 4 is 22.9 Å². The molecule has 0 bridgehead atoms. The molecule has 1 aliphatic carbocycles. The standard InChI is InChI=1S/C17H13NO3/c1-10(18-11-6-8-12(19)9-7-11)15-16(20)13-4-2-3-5-14(13)17(15)21/h2-9,19-20H,1H3. The number of ketones is 1. The van der Waals surface area contributed by atoms with Crippen molar-refractivity contribution < 1.29 is 15.0 Å². The smallest absolute Gasteiger partial charge is 0.199 e. The molecule has 21 heavy (non-hydrogen) atoms. The van der Waals surface area contributed by atoms with Crippen LogP contribution in [0, 0.1) is 0 Å². The molecule has 0 heterocycles. The predicted octanol–water partition coefficient (Wildman–Crippen LogP) is 3.65. The number of carbonyl (C=O) groups excluding carboxylic acids is 1. The molecule has 0 radical (unpaired) electrons. The molecule has 0 fully saturated rings. The normalized spacial score (nSPS) is 14.5. The minimum Gasteiger partial charge on any atom is -0.508 e. The van der Waals surface area contributed by atoms with Crippen molar-refractivity contribution in [3.05, 3.63) is 65.2 Å². The molecule has 104 valence electrons. The molecular weight excluding hydrogens is 266 g/mol. The van der Waals surface area contributed by atoms with Crippen molar-refractivity contribution in [2.75, 3.05) is 0 Å². The number of rotatable bonds is 2. The van der Waals surface area contributed by atoms with Gasteiger partial charge in [-0.25, -0.2) is 0 Å². The van der Waals surface area contributed by atoms with Crippen molar-refractivity contribution in [2.45, 2.75) is 6.92 Å². The van der Waals surface area contributed by atoms with Crippen LogP contribution in [0.25, 0.3) is 5.76 Å². The van der Waals surface area contributed by atoms with Crippen LogP contribution in [0.4, 0.5) is 5.69 Å². The van der Waals surface area contributed by atoms with Gasteiger partial charge in [0.15, 0.2) is 5.78 Å². The number of phenolic OH excluding ortho intramolecular Hbond substituents is 1. The summed E-state index contributed by atoms with van der Waals surface area (Å²) in [4.78, 5) is 16.7. The fraction of sp³-hybridized carbons (Fsp3) is 0.0588. The molecule has 0 aromatic heterocycles. The van der Waals surface area contributed by atoms with E-state index in [0.29, 0.717) is 22.5 Å². The second-order valence-corrected chi connectivity index (χ2v) is 4.81. The summed E-state index contributed by atoms with van der Waals surface area (Å²) < 4.78 is 0. The number of hydrogen-bond acceptors (Lipinski definition) is 4. The second-order valence-electron chi connectivity index (χ2n) is 4.81. The van der Waals surface area contributed by atoms with Gasteiger partial charge in [-0.3, -0.25) is 9.79 Å². The SMILES string of the molecule is CC(=Nc1ccc(O)cc1)C1=C(O)c2ccccc2C1=O. The zero-order valence-corrected chi connectivity index (χ0v) is 11.4. The van der Waals surface area contributed by atoms with Crippen LogP contribution in [0.2, 0.25) is 0 Å². The second kappa shape index (κ2) is 4.90. The monoisotopic (exact) mass is 279 g/mol. The summed E-state index contributed by atoms with van der Waals surface area (Å²) in [5, 5.41) is 19.5. The number of carbonyl (C=O) groups is 1. The first-order valence-electron chi connectivity index (χ1n) is 6.50. The van der Waals surface area contributed by atoms with Crippen LogP contribution in [0.15, 0.2) is 59.1 Å². The van der Waals surface area contributed by atoms with Crippen LogP contribution < -0.4 is 0 Å². The van der Waals surface area contributed by atoms with Gasteiger partial charge in [0.1, 0.15) is 11.5 Å². The highest BCUT2D eigenvalue weighted by molar-refractivity contribution is 6.35. The highest BCUT2D eigenvalue weighted by Gasteiger charge is 2.30. The third-order valence-corrected chi connectivity index (χ3v) is 3.40. The lowest BCUT2D eigenvalue weighted by Gasteiger charge is -2.02. The fourth-order valence-corrected chi connectivity index (χ4v) is 2.38. The third kappa shape index (κ3) is 2.21. The summed E-state index contributed by atoms with van der Waals surface area (Å²) in [6.45, 7) is 1.68. The molecule has 2 aromatic rings. The van der Waals surface area contributed by atoms with E-state index in [1.165, 1.54) is 12.1 Å². The van der Waals surface area contributed by atoms with Gasteiger partial charge >= 0.3 is 0 Å². The maximum Gasteiger partial charge on any atom is 0.199 e. The van der Waals surface area contributed by atoms with Crippen molar-refractivity contribution in [3.63, 3.8) is 0 Å². The largest absolute Gasteiger partial charge is 0.508 e. The van der Waals surface area contributed by atoms with Crippen LogP contribution in [0.5, 0.6) is 5.75 Å². The molecule has 0 saturated carbocycles. The van der Waals surface area contributed by atoms with Gasteiger partial charge in [0.2, 0.25) is 0 Å². The Balaban J connectivity index is 2.03. The van der Waals surface area contributed by atoms with Crippen LogP contribution >= 0.6 is 0 Å². The van der Waals surface area contributed by atoms with E-state index >= 15 is 0 Å². The van der Waals surface area contributed by atoms with Gasteiger partial charge in [-0.15, -0.1) is 0 Å². The van der Waals surface area contributed by atoms with Crippen molar-refractivity contribution in [3.8, 4) is 5.75 Å². The van der Waals surface area contributed by atoms with Gasteiger partial charge in [0.05, 0.1) is 17.0 Å². The van der Waals surface area contributed by atoms with E-state index in [-0.39, 0.29) is 22.9 Å². The maximum absolute atomic E-state index is 12.4. The van der Waals surface area contributed by atoms with E-state index < -0.39 is 0 Å². The number of aliphatic hydroxyl groups is 1. The van der Waals surface area contributed by atoms with Gasteiger partial charge in [0, 0.05) is 11.1 Å².